The topological polar surface area (TPSA) is 156 Å². The highest BCUT2D eigenvalue weighted by molar-refractivity contribution is 7.89. The van der Waals surface area contributed by atoms with E-state index in [0.717, 1.165) is 12.1 Å². The van der Waals surface area contributed by atoms with Gasteiger partial charge in [0.05, 0.1) is 9.82 Å². The number of nitro groups is 1. The van der Waals surface area contributed by atoms with E-state index in [4.69, 9.17) is 5.14 Å². The lowest BCUT2D eigenvalue weighted by molar-refractivity contribution is -0.384. The third-order valence-corrected chi connectivity index (χ3v) is 3.77. The number of nitrogens with one attached hydrogen (secondary N) is 3. The Morgan fingerprint density at radius 1 is 1.30 bits per heavy atom. The summed E-state index contributed by atoms with van der Waals surface area (Å²) in [5.74, 6) is -0.198. The molecule has 0 aliphatic carbocycles. The highest BCUT2D eigenvalue weighted by Crippen LogP contribution is 2.27. The smallest absolute Gasteiger partial charge is 0.293 e. The van der Waals surface area contributed by atoms with Gasteiger partial charge in [-0.3, -0.25) is 14.9 Å². The van der Waals surface area contributed by atoms with Crippen LogP contribution in [0.25, 0.3) is 0 Å². The van der Waals surface area contributed by atoms with Crippen molar-refractivity contribution in [2.75, 3.05) is 32.0 Å². The molecular formula is C12H19N5O5S. The minimum Gasteiger partial charge on any atom is -0.379 e. The number of sulfonamides is 1. The molecule has 0 aliphatic heterocycles. The first kappa shape index (κ1) is 18.8. The van der Waals surface area contributed by atoms with E-state index < -0.39 is 20.6 Å². The van der Waals surface area contributed by atoms with Gasteiger partial charge >= 0.3 is 0 Å². The van der Waals surface area contributed by atoms with E-state index in [1.165, 1.54) is 6.07 Å². The Morgan fingerprint density at radius 3 is 2.57 bits per heavy atom. The molecule has 0 spiro atoms. The van der Waals surface area contributed by atoms with Crippen molar-refractivity contribution in [1.82, 2.24) is 10.6 Å². The van der Waals surface area contributed by atoms with E-state index in [0.29, 0.717) is 13.1 Å². The fraction of sp³-hybridized carbons (Fsp3) is 0.417. The highest BCUT2D eigenvalue weighted by Gasteiger charge is 2.18. The lowest BCUT2D eigenvalue weighted by Gasteiger charge is -2.09. The number of likely N-dealkylation sites (N-methyl/N-ethyl adjacent to an activating group) is 1. The summed E-state index contributed by atoms with van der Waals surface area (Å²) in [6, 6.07) is 3.29. The number of hydrogen-bond acceptors (Lipinski definition) is 7. The van der Waals surface area contributed by atoms with Crippen LogP contribution in [0.2, 0.25) is 0 Å². The summed E-state index contributed by atoms with van der Waals surface area (Å²) in [5, 5.41) is 24.2. The number of benzene rings is 1. The van der Waals surface area contributed by atoms with Gasteiger partial charge in [0.25, 0.3) is 5.69 Å². The number of hydrogen-bond donors (Lipinski definition) is 4. The van der Waals surface area contributed by atoms with E-state index in [9.17, 15) is 23.3 Å². The first-order chi connectivity index (χ1) is 10.8. The molecule has 0 saturated heterocycles. The van der Waals surface area contributed by atoms with Crippen molar-refractivity contribution in [3.63, 3.8) is 0 Å². The average Bonchev–Trinajstić information content (AvgIpc) is 2.46. The van der Waals surface area contributed by atoms with Gasteiger partial charge in [0.15, 0.2) is 0 Å². The summed E-state index contributed by atoms with van der Waals surface area (Å²) in [7, 11) is -2.26. The zero-order valence-corrected chi connectivity index (χ0v) is 13.4. The molecule has 0 saturated carbocycles. The van der Waals surface area contributed by atoms with Crippen molar-refractivity contribution in [2.24, 2.45) is 5.14 Å². The molecular weight excluding hydrogens is 326 g/mol. The fourth-order valence-electron chi connectivity index (χ4n) is 1.71. The minimum absolute atomic E-state index is 0.116. The zero-order valence-electron chi connectivity index (χ0n) is 12.5. The van der Waals surface area contributed by atoms with Gasteiger partial charge in [-0.05, 0) is 19.2 Å². The van der Waals surface area contributed by atoms with E-state index in [2.05, 4.69) is 16.0 Å². The molecule has 1 rings (SSSR count). The highest BCUT2D eigenvalue weighted by atomic mass is 32.2. The lowest BCUT2D eigenvalue weighted by Crippen LogP contribution is -2.31. The number of primary sulfonamides is 1. The SMILES string of the molecule is CNCCNC(=O)CCNc1ccc(S(N)(=O)=O)cc1[N+](=O)[O-]. The monoisotopic (exact) mass is 345 g/mol. The molecule has 0 aromatic heterocycles. The van der Waals surface area contributed by atoms with Crippen LogP contribution in [0.5, 0.6) is 0 Å². The molecule has 0 unspecified atom stereocenters. The Kier molecular flexibility index (Phi) is 6.88. The molecule has 0 radical (unpaired) electrons. The van der Waals surface area contributed by atoms with Gasteiger partial charge < -0.3 is 16.0 Å². The maximum absolute atomic E-state index is 11.5. The molecule has 128 valence electrons. The maximum atomic E-state index is 11.5. The second-order valence-corrected chi connectivity index (χ2v) is 6.17. The van der Waals surface area contributed by atoms with Crippen molar-refractivity contribution < 1.29 is 18.1 Å². The van der Waals surface area contributed by atoms with Crippen molar-refractivity contribution in [2.45, 2.75) is 11.3 Å². The molecule has 10 nitrogen and oxygen atoms in total. The third-order valence-electron chi connectivity index (χ3n) is 2.86. The van der Waals surface area contributed by atoms with Crippen LogP contribution in [0.15, 0.2) is 23.1 Å². The summed E-state index contributed by atoms with van der Waals surface area (Å²) in [6.07, 6.45) is 0.123. The van der Waals surface area contributed by atoms with Gasteiger partial charge in [0.1, 0.15) is 5.69 Å². The van der Waals surface area contributed by atoms with Gasteiger partial charge in [-0.2, -0.15) is 0 Å². The van der Waals surface area contributed by atoms with Crippen molar-refractivity contribution >= 4 is 27.3 Å². The third kappa shape index (κ3) is 6.18. The van der Waals surface area contributed by atoms with Crippen LogP contribution in [0, 0.1) is 10.1 Å². The molecule has 1 aromatic rings. The van der Waals surface area contributed by atoms with Crippen LogP contribution in [0.3, 0.4) is 0 Å². The molecule has 0 atom stereocenters. The largest absolute Gasteiger partial charge is 0.379 e. The Labute approximate surface area is 133 Å². The molecule has 0 aliphatic rings. The summed E-state index contributed by atoms with van der Waals surface area (Å²) in [5.41, 5.74) is -0.308. The van der Waals surface area contributed by atoms with Crippen LogP contribution in [0.4, 0.5) is 11.4 Å². The Balaban J connectivity index is 2.70. The molecule has 0 bridgehead atoms. The van der Waals surface area contributed by atoms with Gasteiger partial charge in [-0.25, -0.2) is 13.6 Å². The Morgan fingerprint density at radius 2 is 2.00 bits per heavy atom. The summed E-state index contributed by atoms with van der Waals surface area (Å²) >= 11 is 0. The molecule has 23 heavy (non-hydrogen) atoms. The maximum Gasteiger partial charge on any atom is 0.293 e. The first-order valence-corrected chi connectivity index (χ1v) is 8.26. The number of nitro benzene ring substituents is 1. The molecule has 1 aromatic carbocycles. The standard InChI is InChI=1S/C12H19N5O5S/c1-14-6-7-16-12(18)4-5-15-10-3-2-9(23(13,21)22)8-11(10)17(19)20/h2-3,8,14-15H,4-7H2,1H3,(H,16,18)(H2,13,21,22). The van der Waals surface area contributed by atoms with E-state index >= 15 is 0 Å². The number of nitrogens with two attached hydrogens (primary N) is 1. The number of carbonyl (C=O) groups excluding carboxylic acids is 1. The quantitative estimate of drug-likeness (QED) is 0.264. The van der Waals surface area contributed by atoms with Crippen LogP contribution < -0.4 is 21.1 Å². The summed E-state index contributed by atoms with van der Waals surface area (Å²) < 4.78 is 22.4. The van der Waals surface area contributed by atoms with Crippen LogP contribution >= 0.6 is 0 Å². The van der Waals surface area contributed by atoms with Crippen LogP contribution in [-0.2, 0) is 14.8 Å². The number of nitrogens with zero attached hydrogens (tertiary/aromatic N) is 1. The average molecular weight is 345 g/mol. The van der Waals surface area contributed by atoms with Crippen LogP contribution in [0.1, 0.15) is 6.42 Å². The molecule has 1 amide bonds. The van der Waals surface area contributed by atoms with Crippen LogP contribution in [-0.4, -0.2) is 45.9 Å². The molecule has 5 N–H and O–H groups in total. The molecule has 0 fully saturated rings. The van der Waals surface area contributed by atoms with Crippen molar-refractivity contribution in [3.8, 4) is 0 Å². The van der Waals surface area contributed by atoms with E-state index in [1.54, 1.807) is 7.05 Å². The Hall–Kier alpha value is -2.24. The van der Waals surface area contributed by atoms with E-state index in [1.807, 2.05) is 0 Å². The predicted octanol–water partition coefficient (Wildman–Crippen LogP) is -0.620. The number of amides is 1. The second kappa shape index (κ2) is 8.41. The normalized spacial score (nSPS) is 11.0. The van der Waals surface area contributed by atoms with Gasteiger partial charge in [0, 0.05) is 32.1 Å². The van der Waals surface area contributed by atoms with Crippen molar-refractivity contribution in [1.29, 1.82) is 0 Å². The van der Waals surface area contributed by atoms with E-state index in [-0.39, 0.29) is 29.5 Å². The fourth-order valence-corrected chi connectivity index (χ4v) is 2.25. The minimum atomic E-state index is -4.02. The number of carbonyl (C=O) groups is 1. The summed E-state index contributed by atoms with van der Waals surface area (Å²) in [6.45, 7) is 1.29. The lowest BCUT2D eigenvalue weighted by atomic mass is 10.2. The Bertz CT molecular complexity index is 676. The summed E-state index contributed by atoms with van der Waals surface area (Å²) in [4.78, 5) is 21.5. The zero-order chi connectivity index (χ0) is 17.5. The number of anilines is 1. The molecule has 11 heteroatoms. The molecule has 0 heterocycles. The van der Waals surface area contributed by atoms with Crippen molar-refractivity contribution in [3.05, 3.63) is 28.3 Å². The number of rotatable bonds is 9. The van der Waals surface area contributed by atoms with Gasteiger partial charge in [-0.1, -0.05) is 0 Å². The predicted molar refractivity (Wildman–Crippen MR) is 84.5 cm³/mol. The van der Waals surface area contributed by atoms with Gasteiger partial charge in [-0.15, -0.1) is 0 Å². The second-order valence-electron chi connectivity index (χ2n) is 4.61. The van der Waals surface area contributed by atoms with Gasteiger partial charge in [0.2, 0.25) is 15.9 Å². The first-order valence-electron chi connectivity index (χ1n) is 6.72.